The zero-order chi connectivity index (χ0) is 37.6. The number of rotatable bonds is 23. The lowest BCUT2D eigenvalue weighted by atomic mass is 9.95. The van der Waals surface area contributed by atoms with Crippen LogP contribution >= 0.6 is 11.6 Å². The topological polar surface area (TPSA) is 135 Å². The van der Waals surface area contributed by atoms with Gasteiger partial charge < -0.3 is 19.8 Å². The van der Waals surface area contributed by atoms with Crippen molar-refractivity contribution in [3.8, 4) is 0 Å². The molecule has 0 aliphatic carbocycles. The van der Waals surface area contributed by atoms with E-state index in [4.69, 9.17) is 20.8 Å². The number of halogens is 1. The summed E-state index contributed by atoms with van der Waals surface area (Å²) in [6, 6.07) is 2.70. The van der Waals surface area contributed by atoms with Gasteiger partial charge in [0.25, 0.3) is 11.8 Å². The molecule has 0 bridgehead atoms. The summed E-state index contributed by atoms with van der Waals surface area (Å²) in [4.78, 5) is 67.4. The average Bonchev–Trinajstić information content (AvgIpc) is 3.48. The quantitative estimate of drug-likeness (QED) is 0.0661. The Balaban J connectivity index is 1.53. The number of benzene rings is 1. The number of carbonyl (C=O) groups is 5. The van der Waals surface area contributed by atoms with Crippen molar-refractivity contribution in [2.24, 2.45) is 0 Å². The number of ketones is 1. The number of imide groups is 1. The number of Topliss-reactive ketones (excluding diaryl/α,β-unsaturated/α-hetero) is 1. The number of unbranched alkanes of at least 4 members (excludes halogenated alkanes) is 14. The van der Waals surface area contributed by atoms with Crippen molar-refractivity contribution in [2.45, 2.75) is 162 Å². The van der Waals surface area contributed by atoms with Gasteiger partial charge in [0, 0.05) is 17.7 Å². The summed E-state index contributed by atoms with van der Waals surface area (Å²) in [5.41, 5.74) is -0.368. The molecule has 51 heavy (non-hydrogen) atoms. The van der Waals surface area contributed by atoms with Crippen molar-refractivity contribution < 1.29 is 33.1 Å². The molecule has 0 radical (unpaired) electrons. The van der Waals surface area contributed by atoms with Crippen molar-refractivity contribution in [3.63, 3.8) is 0 Å². The first-order valence-electron chi connectivity index (χ1n) is 18.9. The Kier molecular flexibility index (Phi) is 16.7. The first-order valence-corrected chi connectivity index (χ1v) is 19.3. The number of carbonyl (C=O) groups excluding carboxylic acids is 5. The number of anilines is 2. The van der Waals surface area contributed by atoms with Crippen molar-refractivity contribution in [1.29, 1.82) is 0 Å². The van der Waals surface area contributed by atoms with E-state index in [1.165, 1.54) is 103 Å². The highest BCUT2D eigenvalue weighted by molar-refractivity contribution is 6.34. The minimum atomic E-state index is -1.90. The molecule has 1 aromatic carbocycles. The predicted octanol–water partition coefficient (Wildman–Crippen LogP) is 10.3. The third-order valence-electron chi connectivity index (χ3n) is 9.53. The number of cyclic esters (lactones) is 1. The minimum Gasteiger partial charge on any atom is -0.466 e. The van der Waals surface area contributed by atoms with Crippen LogP contribution in [0.25, 0.3) is 0 Å². The van der Waals surface area contributed by atoms with Gasteiger partial charge in [-0.2, -0.15) is 0 Å². The Bertz CT molecular complexity index is 1520. The van der Waals surface area contributed by atoms with Gasteiger partial charge in [-0.05, 0) is 58.7 Å². The van der Waals surface area contributed by atoms with Gasteiger partial charge in [0.05, 0.1) is 16.3 Å². The molecule has 3 rings (SSSR count). The monoisotopic (exact) mass is 727 g/mol. The fourth-order valence-electron chi connectivity index (χ4n) is 6.66. The molecule has 2 N–H and O–H groups in total. The fraction of sp³-hybridized carbons (Fsp3) is 0.625. The van der Waals surface area contributed by atoms with E-state index >= 15 is 0 Å². The third-order valence-corrected chi connectivity index (χ3v) is 9.86. The summed E-state index contributed by atoms with van der Waals surface area (Å²) in [7, 11) is 0. The summed E-state index contributed by atoms with van der Waals surface area (Å²) < 4.78 is 10.9. The highest BCUT2D eigenvalue weighted by Crippen LogP contribution is 2.32. The van der Waals surface area contributed by atoms with Gasteiger partial charge in [0.2, 0.25) is 5.91 Å². The van der Waals surface area contributed by atoms with Crippen LogP contribution in [0.1, 0.15) is 158 Å². The molecule has 4 amide bonds. The number of hydrogen-bond acceptors (Lipinski definition) is 7. The summed E-state index contributed by atoms with van der Waals surface area (Å²) in [5.74, 6) is -1.98. The van der Waals surface area contributed by atoms with E-state index in [-0.39, 0.29) is 27.9 Å². The van der Waals surface area contributed by atoms with Crippen molar-refractivity contribution in [2.75, 3.05) is 10.6 Å². The highest BCUT2D eigenvalue weighted by Gasteiger charge is 2.54. The molecular weight excluding hydrogens is 670 g/mol. The number of ether oxygens (including phenoxy) is 1. The minimum absolute atomic E-state index is 0.0966. The third kappa shape index (κ3) is 11.9. The molecule has 0 spiro atoms. The van der Waals surface area contributed by atoms with Crippen molar-refractivity contribution in [1.82, 2.24) is 4.90 Å². The number of hydrogen-bond donors (Lipinski definition) is 2. The SMILES string of the molecule is CCCCCCCCCCCCCCCCCC(=O)Nc1ccc(Cl)c(NC(=O)C(C(=O)c2c(C)oc(C)c2CC)N2C(=O)OC(C)(C)C2=O)c1. The average molecular weight is 728 g/mol. The molecule has 1 aliphatic rings. The maximum atomic E-state index is 14.0. The van der Waals surface area contributed by atoms with Crippen molar-refractivity contribution >= 4 is 52.6 Å². The fourth-order valence-corrected chi connectivity index (χ4v) is 6.82. The molecule has 11 heteroatoms. The Hall–Kier alpha value is -3.66. The Labute approximate surface area is 308 Å². The lowest BCUT2D eigenvalue weighted by molar-refractivity contribution is -0.137. The second-order valence-electron chi connectivity index (χ2n) is 14.2. The number of nitrogens with zero attached hydrogens (tertiary/aromatic N) is 1. The molecule has 1 unspecified atom stereocenters. The van der Waals surface area contributed by atoms with E-state index in [2.05, 4.69) is 17.6 Å². The molecule has 1 aromatic heterocycles. The van der Waals surface area contributed by atoms with E-state index in [0.717, 1.165) is 19.3 Å². The molecule has 282 valence electrons. The number of amides is 4. The number of nitrogens with one attached hydrogen (secondary N) is 2. The summed E-state index contributed by atoms with van der Waals surface area (Å²) in [5, 5.41) is 5.59. The Morgan fingerprint density at radius 3 is 1.86 bits per heavy atom. The molecule has 2 heterocycles. The van der Waals surface area contributed by atoms with Crippen LogP contribution in [0.4, 0.5) is 16.2 Å². The molecule has 1 aliphatic heterocycles. The summed E-state index contributed by atoms with van der Waals surface area (Å²) in [6.07, 6.45) is 18.4. The maximum absolute atomic E-state index is 14.0. The van der Waals surface area contributed by atoms with E-state index in [1.807, 2.05) is 6.92 Å². The van der Waals surface area contributed by atoms with E-state index in [1.54, 1.807) is 19.9 Å². The lowest BCUT2D eigenvalue weighted by Crippen LogP contribution is -2.53. The molecule has 1 atom stereocenters. The van der Waals surface area contributed by atoms with Crippen LogP contribution in [0.3, 0.4) is 0 Å². The van der Waals surface area contributed by atoms with Crippen LogP contribution in [0.2, 0.25) is 5.02 Å². The Morgan fingerprint density at radius 1 is 0.804 bits per heavy atom. The molecule has 2 aromatic rings. The first kappa shape index (κ1) is 41.8. The van der Waals surface area contributed by atoms with Crippen LogP contribution < -0.4 is 10.6 Å². The number of furan rings is 1. The van der Waals surface area contributed by atoms with Gasteiger partial charge >= 0.3 is 6.09 Å². The molecule has 1 fully saturated rings. The van der Waals surface area contributed by atoms with Crippen LogP contribution in [-0.2, 0) is 25.5 Å². The van der Waals surface area contributed by atoms with E-state index < -0.39 is 35.3 Å². The standard InChI is InChI=1S/C40H58ClN3O7/c1-7-9-10-11-12-13-14-15-16-17-18-19-20-21-22-23-33(45)42-29-24-25-31(41)32(26-29)43-37(47)35(44-38(48)40(5,6)51-39(44)49)36(46)34-28(4)50-27(3)30(34)8-2/h24-26,35H,7-23H2,1-6H3,(H,42,45)(H,43,47). The second kappa shape index (κ2) is 20.4. The molecular formula is C40H58ClN3O7. The first-order chi connectivity index (χ1) is 24.3. The highest BCUT2D eigenvalue weighted by atomic mass is 35.5. The van der Waals surface area contributed by atoms with Crippen LogP contribution in [0.15, 0.2) is 22.6 Å². The molecule has 1 saturated heterocycles. The maximum Gasteiger partial charge on any atom is 0.418 e. The lowest BCUT2D eigenvalue weighted by Gasteiger charge is -2.23. The van der Waals surface area contributed by atoms with Gasteiger partial charge in [-0.1, -0.05) is 115 Å². The van der Waals surface area contributed by atoms with Gasteiger partial charge in [-0.3, -0.25) is 19.2 Å². The summed E-state index contributed by atoms with van der Waals surface area (Å²) in [6.45, 7) is 10.2. The van der Waals surface area contributed by atoms with Crippen LogP contribution in [0, 0.1) is 13.8 Å². The molecule has 10 nitrogen and oxygen atoms in total. The van der Waals surface area contributed by atoms with Crippen LogP contribution in [0.5, 0.6) is 0 Å². The Morgan fingerprint density at radius 2 is 1.35 bits per heavy atom. The van der Waals surface area contributed by atoms with Gasteiger partial charge in [-0.15, -0.1) is 0 Å². The van der Waals surface area contributed by atoms with Gasteiger partial charge in [0.15, 0.2) is 17.4 Å². The van der Waals surface area contributed by atoms with E-state index in [0.29, 0.717) is 34.8 Å². The number of aryl methyl sites for hydroxylation is 2. The van der Waals surface area contributed by atoms with Gasteiger partial charge in [0.1, 0.15) is 11.5 Å². The van der Waals surface area contributed by atoms with E-state index in [9.17, 15) is 24.0 Å². The smallest absolute Gasteiger partial charge is 0.418 e. The van der Waals surface area contributed by atoms with Crippen molar-refractivity contribution in [3.05, 3.63) is 45.9 Å². The normalized spacial score (nSPS) is 14.5. The predicted molar refractivity (Wildman–Crippen MR) is 201 cm³/mol. The summed E-state index contributed by atoms with van der Waals surface area (Å²) >= 11 is 6.42. The van der Waals surface area contributed by atoms with Gasteiger partial charge in [-0.25, -0.2) is 9.69 Å². The molecule has 0 saturated carbocycles. The largest absolute Gasteiger partial charge is 0.466 e. The zero-order valence-electron chi connectivity index (χ0n) is 31.5. The second-order valence-corrected chi connectivity index (χ2v) is 14.6. The van der Waals surface area contributed by atoms with Crippen LogP contribution in [-0.4, -0.2) is 46.1 Å². The zero-order valence-corrected chi connectivity index (χ0v) is 32.3.